The minimum absolute atomic E-state index is 0.159. The minimum Gasteiger partial charge on any atom is -0.338 e. The van der Waals surface area contributed by atoms with Gasteiger partial charge in [0.05, 0.1) is 0 Å². The van der Waals surface area contributed by atoms with E-state index >= 15 is 0 Å². The summed E-state index contributed by atoms with van der Waals surface area (Å²) < 4.78 is 0. The van der Waals surface area contributed by atoms with Crippen molar-refractivity contribution in [2.24, 2.45) is 34.5 Å². The van der Waals surface area contributed by atoms with Crippen LogP contribution in [0.25, 0.3) is 0 Å². The zero-order valence-corrected chi connectivity index (χ0v) is 17.6. The predicted molar refractivity (Wildman–Crippen MR) is 112 cm³/mol. The van der Waals surface area contributed by atoms with Crippen LogP contribution in [0.4, 0.5) is 0 Å². The van der Waals surface area contributed by atoms with Gasteiger partial charge in [-0.25, -0.2) is 0 Å². The number of fused-ring (bicyclic) bond motifs is 5. The van der Waals surface area contributed by atoms with Gasteiger partial charge in [0.15, 0.2) is 0 Å². The molecule has 1 amide bonds. The molecular formula is C25H34N2O. The highest BCUT2D eigenvalue weighted by molar-refractivity contribution is 5.89. The Kier molecular flexibility index (Phi) is 4.23. The summed E-state index contributed by atoms with van der Waals surface area (Å²) in [6, 6.07) is 6.74. The van der Waals surface area contributed by atoms with Crippen LogP contribution in [-0.4, -0.2) is 28.9 Å². The molecule has 1 aromatic rings. The molecule has 5 rings (SSSR count). The Labute approximate surface area is 169 Å². The largest absolute Gasteiger partial charge is 0.338 e. The third-order valence-electron chi connectivity index (χ3n) is 9.51. The summed E-state index contributed by atoms with van der Waals surface area (Å²) in [7, 11) is 2.01. The third-order valence-corrected chi connectivity index (χ3v) is 9.51. The maximum atomic E-state index is 12.2. The third kappa shape index (κ3) is 2.54. The van der Waals surface area contributed by atoms with Crippen molar-refractivity contribution in [3.05, 3.63) is 42.2 Å². The molecule has 3 aliphatic carbocycles. The predicted octanol–water partition coefficient (Wildman–Crippen LogP) is 4.88. The lowest BCUT2D eigenvalue weighted by Gasteiger charge is -2.60. The van der Waals surface area contributed by atoms with Crippen LogP contribution in [-0.2, 0) is 11.2 Å². The van der Waals surface area contributed by atoms with Crippen molar-refractivity contribution in [2.75, 3.05) is 7.05 Å². The first kappa shape index (κ1) is 18.4. The van der Waals surface area contributed by atoms with Gasteiger partial charge in [-0.2, -0.15) is 0 Å². The van der Waals surface area contributed by atoms with Gasteiger partial charge >= 0.3 is 0 Å². The summed E-state index contributed by atoms with van der Waals surface area (Å²) in [4.78, 5) is 18.9. The Bertz CT molecular complexity index is 789. The van der Waals surface area contributed by atoms with E-state index in [0.717, 1.165) is 30.1 Å². The van der Waals surface area contributed by atoms with Crippen LogP contribution < -0.4 is 0 Å². The maximum absolute atomic E-state index is 12.2. The van der Waals surface area contributed by atoms with E-state index in [-0.39, 0.29) is 11.3 Å². The van der Waals surface area contributed by atoms with Crippen LogP contribution >= 0.6 is 0 Å². The molecule has 3 heteroatoms. The maximum Gasteiger partial charge on any atom is 0.246 e. The highest BCUT2D eigenvalue weighted by Crippen LogP contribution is 2.65. The van der Waals surface area contributed by atoms with Crippen molar-refractivity contribution < 1.29 is 4.79 Å². The molecule has 0 spiro atoms. The number of aromatic nitrogens is 1. The van der Waals surface area contributed by atoms with Crippen LogP contribution in [0.2, 0.25) is 0 Å². The Morgan fingerprint density at radius 1 is 1.11 bits per heavy atom. The molecule has 3 fully saturated rings. The Morgan fingerprint density at radius 3 is 2.75 bits per heavy atom. The van der Waals surface area contributed by atoms with Crippen molar-refractivity contribution in [3.8, 4) is 0 Å². The van der Waals surface area contributed by atoms with E-state index < -0.39 is 0 Å². The van der Waals surface area contributed by atoms with E-state index in [1.807, 2.05) is 30.3 Å². The zero-order chi connectivity index (χ0) is 19.5. The van der Waals surface area contributed by atoms with E-state index in [0.29, 0.717) is 11.5 Å². The second-order valence-electron chi connectivity index (χ2n) is 10.5. The van der Waals surface area contributed by atoms with E-state index in [1.54, 1.807) is 0 Å². The molecule has 0 bridgehead atoms. The Morgan fingerprint density at radius 2 is 1.96 bits per heavy atom. The van der Waals surface area contributed by atoms with Gasteiger partial charge in [-0.3, -0.25) is 9.78 Å². The number of rotatable bonds is 2. The molecule has 150 valence electrons. The summed E-state index contributed by atoms with van der Waals surface area (Å²) in [5, 5.41) is 0. The van der Waals surface area contributed by atoms with Crippen LogP contribution in [0.1, 0.15) is 58.1 Å². The number of amides is 1. The number of carbonyl (C=O) groups is 1. The summed E-state index contributed by atoms with van der Waals surface area (Å²) in [5.74, 6) is 3.35. The lowest BCUT2D eigenvalue weighted by molar-refractivity contribution is -0.138. The van der Waals surface area contributed by atoms with Gasteiger partial charge in [0.2, 0.25) is 5.91 Å². The highest BCUT2D eigenvalue weighted by Gasteiger charge is 2.60. The summed E-state index contributed by atoms with van der Waals surface area (Å²) >= 11 is 0. The first-order valence-electron chi connectivity index (χ1n) is 11.3. The number of hydrogen-bond acceptors (Lipinski definition) is 2. The fourth-order valence-corrected chi connectivity index (χ4v) is 7.95. The highest BCUT2D eigenvalue weighted by atomic mass is 16.2. The van der Waals surface area contributed by atoms with Crippen molar-refractivity contribution in [3.63, 3.8) is 0 Å². The molecule has 7 atom stereocenters. The average Bonchev–Trinajstić information content (AvgIpc) is 3.02. The molecule has 0 unspecified atom stereocenters. The summed E-state index contributed by atoms with van der Waals surface area (Å²) in [6.45, 7) is 5.03. The number of nitrogens with zero attached hydrogens (tertiary/aromatic N) is 2. The van der Waals surface area contributed by atoms with Crippen molar-refractivity contribution in [2.45, 2.75) is 64.8 Å². The van der Waals surface area contributed by atoms with Crippen molar-refractivity contribution in [1.29, 1.82) is 0 Å². The van der Waals surface area contributed by atoms with E-state index in [2.05, 4.69) is 37.0 Å². The monoisotopic (exact) mass is 378 g/mol. The number of likely N-dealkylation sites (N-methyl/N-ethyl adjacent to an activating group) is 1. The zero-order valence-electron chi connectivity index (χ0n) is 17.6. The van der Waals surface area contributed by atoms with Gasteiger partial charge in [0.25, 0.3) is 0 Å². The van der Waals surface area contributed by atoms with Crippen LogP contribution in [0.3, 0.4) is 0 Å². The molecule has 4 aliphatic rings. The van der Waals surface area contributed by atoms with E-state index in [9.17, 15) is 4.79 Å². The van der Waals surface area contributed by atoms with Crippen LogP contribution in [0.15, 0.2) is 36.5 Å². The molecule has 1 aliphatic heterocycles. The standard InChI is InChI=1S/C25H34N2O/c1-24-13-11-21-19(8-10-22-25(21,2)14-12-23(28)27(22)3)20(24)9-7-17(24)16-18-6-4-5-15-26-18/h4-6,12,14-15,17,19-22H,7-11,13,16H2,1-3H3/t17-,19+,20+,21+,22-,24-,25-/m1/s1. The summed E-state index contributed by atoms with van der Waals surface area (Å²) in [6.07, 6.45) is 15.1. The summed E-state index contributed by atoms with van der Waals surface area (Å²) in [5.41, 5.74) is 1.89. The van der Waals surface area contributed by atoms with Gasteiger partial charge in [-0.05, 0) is 92.2 Å². The molecular weight excluding hydrogens is 344 g/mol. The number of carbonyl (C=O) groups excluding carboxylic acids is 1. The van der Waals surface area contributed by atoms with Crippen molar-refractivity contribution in [1.82, 2.24) is 9.88 Å². The fraction of sp³-hybridized carbons (Fsp3) is 0.680. The molecule has 0 aromatic carbocycles. The molecule has 0 radical (unpaired) electrons. The van der Waals surface area contributed by atoms with Gasteiger partial charge in [-0.15, -0.1) is 0 Å². The molecule has 28 heavy (non-hydrogen) atoms. The average molecular weight is 379 g/mol. The minimum atomic E-state index is 0.159. The number of hydrogen-bond donors (Lipinski definition) is 0. The molecule has 3 nitrogen and oxygen atoms in total. The molecule has 1 aromatic heterocycles. The van der Waals surface area contributed by atoms with Gasteiger partial charge in [-0.1, -0.05) is 26.0 Å². The van der Waals surface area contributed by atoms with Gasteiger partial charge in [0.1, 0.15) is 0 Å². The van der Waals surface area contributed by atoms with Gasteiger partial charge in [0, 0.05) is 30.4 Å². The Hall–Kier alpha value is -1.64. The quantitative estimate of drug-likeness (QED) is 0.735. The molecule has 3 saturated carbocycles. The topological polar surface area (TPSA) is 33.2 Å². The molecule has 0 saturated heterocycles. The van der Waals surface area contributed by atoms with E-state index in [4.69, 9.17) is 0 Å². The molecule has 2 heterocycles. The second kappa shape index (κ2) is 6.43. The van der Waals surface area contributed by atoms with Crippen molar-refractivity contribution >= 4 is 5.91 Å². The van der Waals surface area contributed by atoms with Crippen LogP contribution in [0.5, 0.6) is 0 Å². The normalized spacial score (nSPS) is 44.8. The molecule has 0 N–H and O–H groups in total. The van der Waals surface area contributed by atoms with Crippen LogP contribution in [0, 0.1) is 34.5 Å². The second-order valence-corrected chi connectivity index (χ2v) is 10.5. The smallest absolute Gasteiger partial charge is 0.246 e. The Balaban J connectivity index is 1.41. The first-order chi connectivity index (χ1) is 13.4. The lowest BCUT2D eigenvalue weighted by atomic mass is 9.47. The number of pyridine rings is 1. The van der Waals surface area contributed by atoms with E-state index in [1.165, 1.54) is 44.2 Å². The van der Waals surface area contributed by atoms with Gasteiger partial charge < -0.3 is 4.90 Å². The lowest BCUT2D eigenvalue weighted by Crippen LogP contribution is -2.59. The first-order valence-corrected chi connectivity index (χ1v) is 11.3. The fourth-order valence-electron chi connectivity index (χ4n) is 7.95. The SMILES string of the molecule is CN1C(=O)C=C[C@]2(C)[C@H]3CC[C@]4(C)[C@@H](Cc5ccccn5)CC[C@H]4[C@@H]3CC[C@@H]12.